The van der Waals surface area contributed by atoms with Crippen molar-refractivity contribution >= 4 is 5.69 Å². The number of hydrogen-bond acceptors (Lipinski definition) is 4. The number of aromatic nitrogens is 1. The SMILES string of the molecule is OCC1CN(c2ccccc2)C(c2ccncc2)O1. The van der Waals surface area contributed by atoms with Crippen molar-refractivity contribution in [2.45, 2.75) is 12.3 Å². The molecular weight excluding hydrogens is 240 g/mol. The van der Waals surface area contributed by atoms with Gasteiger partial charge in [-0.25, -0.2) is 0 Å². The predicted octanol–water partition coefficient (Wildman–Crippen LogP) is 1.98. The third-order valence-electron chi connectivity index (χ3n) is 3.29. The van der Waals surface area contributed by atoms with Crippen LogP contribution in [0.25, 0.3) is 0 Å². The largest absolute Gasteiger partial charge is 0.394 e. The Kier molecular flexibility index (Phi) is 3.44. The molecule has 1 aromatic carbocycles. The van der Waals surface area contributed by atoms with E-state index in [-0.39, 0.29) is 18.9 Å². The van der Waals surface area contributed by atoms with Crippen LogP contribution in [0.4, 0.5) is 5.69 Å². The van der Waals surface area contributed by atoms with Crippen LogP contribution in [0, 0.1) is 0 Å². The number of hydrogen-bond donors (Lipinski definition) is 1. The molecule has 2 heterocycles. The molecule has 3 rings (SSSR count). The molecule has 0 saturated carbocycles. The van der Waals surface area contributed by atoms with Gasteiger partial charge in [-0.05, 0) is 24.3 Å². The summed E-state index contributed by atoms with van der Waals surface area (Å²) in [5.41, 5.74) is 2.15. The molecule has 0 spiro atoms. The van der Waals surface area contributed by atoms with Gasteiger partial charge in [-0.2, -0.15) is 0 Å². The van der Waals surface area contributed by atoms with E-state index < -0.39 is 0 Å². The lowest BCUT2D eigenvalue weighted by Gasteiger charge is -2.25. The standard InChI is InChI=1S/C15H16N2O2/c18-11-14-10-17(13-4-2-1-3-5-13)15(19-14)12-6-8-16-9-7-12/h1-9,14-15,18H,10-11H2. The fourth-order valence-corrected chi connectivity index (χ4v) is 2.36. The monoisotopic (exact) mass is 256 g/mol. The molecule has 0 aliphatic carbocycles. The van der Waals surface area contributed by atoms with Crippen LogP contribution >= 0.6 is 0 Å². The van der Waals surface area contributed by atoms with E-state index in [0.29, 0.717) is 6.54 Å². The van der Waals surface area contributed by atoms with Crippen LogP contribution in [0.1, 0.15) is 11.8 Å². The Labute approximate surface area is 112 Å². The van der Waals surface area contributed by atoms with Crippen molar-refractivity contribution in [1.29, 1.82) is 0 Å². The number of para-hydroxylation sites is 1. The van der Waals surface area contributed by atoms with Crippen LogP contribution in [0.3, 0.4) is 0 Å². The fourth-order valence-electron chi connectivity index (χ4n) is 2.36. The quantitative estimate of drug-likeness (QED) is 0.912. The summed E-state index contributed by atoms with van der Waals surface area (Å²) in [4.78, 5) is 6.19. The molecule has 1 aliphatic heterocycles. The maximum atomic E-state index is 9.33. The van der Waals surface area contributed by atoms with E-state index in [2.05, 4.69) is 22.0 Å². The molecular formula is C15H16N2O2. The van der Waals surface area contributed by atoms with Crippen molar-refractivity contribution < 1.29 is 9.84 Å². The molecule has 1 fully saturated rings. The molecule has 1 aliphatic rings. The number of aliphatic hydroxyl groups excluding tert-OH is 1. The van der Waals surface area contributed by atoms with Crippen LogP contribution in [0.2, 0.25) is 0 Å². The molecule has 2 unspecified atom stereocenters. The molecule has 1 aromatic heterocycles. The topological polar surface area (TPSA) is 45.6 Å². The summed E-state index contributed by atoms with van der Waals surface area (Å²) < 4.78 is 5.91. The average Bonchev–Trinajstić information content (AvgIpc) is 2.93. The maximum Gasteiger partial charge on any atom is 0.157 e. The van der Waals surface area contributed by atoms with Crippen molar-refractivity contribution in [3.8, 4) is 0 Å². The van der Waals surface area contributed by atoms with E-state index in [1.165, 1.54) is 0 Å². The van der Waals surface area contributed by atoms with Gasteiger partial charge in [0.25, 0.3) is 0 Å². The van der Waals surface area contributed by atoms with Gasteiger partial charge in [0.1, 0.15) is 6.10 Å². The van der Waals surface area contributed by atoms with E-state index in [0.717, 1.165) is 11.3 Å². The lowest BCUT2D eigenvalue weighted by molar-refractivity contribution is 0.0147. The zero-order valence-electron chi connectivity index (χ0n) is 10.5. The van der Waals surface area contributed by atoms with Crippen LogP contribution in [0.15, 0.2) is 54.9 Å². The highest BCUT2D eigenvalue weighted by Crippen LogP contribution is 2.34. The Hall–Kier alpha value is -1.91. The van der Waals surface area contributed by atoms with Gasteiger partial charge in [0.2, 0.25) is 0 Å². The van der Waals surface area contributed by atoms with E-state index >= 15 is 0 Å². The highest BCUT2D eigenvalue weighted by atomic mass is 16.5. The molecule has 0 radical (unpaired) electrons. The van der Waals surface area contributed by atoms with Crippen LogP contribution in [-0.4, -0.2) is 29.3 Å². The summed E-state index contributed by atoms with van der Waals surface area (Å²) in [6, 6.07) is 14.0. The normalized spacial score (nSPS) is 22.7. The zero-order valence-corrected chi connectivity index (χ0v) is 10.5. The predicted molar refractivity (Wildman–Crippen MR) is 72.7 cm³/mol. The minimum Gasteiger partial charge on any atom is -0.394 e. The third-order valence-corrected chi connectivity index (χ3v) is 3.29. The number of rotatable bonds is 3. The first kappa shape index (κ1) is 12.1. The first-order chi connectivity index (χ1) is 9.38. The lowest BCUT2D eigenvalue weighted by Crippen LogP contribution is -2.25. The number of benzene rings is 1. The highest BCUT2D eigenvalue weighted by molar-refractivity contribution is 5.49. The van der Waals surface area contributed by atoms with Gasteiger partial charge in [0.15, 0.2) is 6.23 Å². The average molecular weight is 256 g/mol. The smallest absolute Gasteiger partial charge is 0.157 e. The van der Waals surface area contributed by atoms with E-state index in [1.807, 2.05) is 30.3 Å². The van der Waals surface area contributed by atoms with Crippen molar-refractivity contribution in [1.82, 2.24) is 4.98 Å². The fraction of sp³-hybridized carbons (Fsp3) is 0.267. The number of pyridine rings is 1. The van der Waals surface area contributed by atoms with Gasteiger partial charge in [-0.1, -0.05) is 18.2 Å². The van der Waals surface area contributed by atoms with Crippen LogP contribution in [-0.2, 0) is 4.74 Å². The molecule has 2 atom stereocenters. The zero-order chi connectivity index (χ0) is 13.1. The van der Waals surface area contributed by atoms with E-state index in [1.54, 1.807) is 12.4 Å². The molecule has 1 saturated heterocycles. The van der Waals surface area contributed by atoms with Crippen LogP contribution < -0.4 is 4.90 Å². The Balaban J connectivity index is 1.92. The van der Waals surface area contributed by atoms with Gasteiger partial charge in [-0.3, -0.25) is 4.98 Å². The van der Waals surface area contributed by atoms with Gasteiger partial charge in [0.05, 0.1) is 6.61 Å². The van der Waals surface area contributed by atoms with Gasteiger partial charge < -0.3 is 14.7 Å². The first-order valence-electron chi connectivity index (χ1n) is 6.36. The Morgan fingerprint density at radius 3 is 2.58 bits per heavy atom. The Morgan fingerprint density at radius 1 is 1.16 bits per heavy atom. The van der Waals surface area contributed by atoms with E-state index in [4.69, 9.17) is 4.74 Å². The number of ether oxygens (including phenoxy) is 1. The summed E-state index contributed by atoms with van der Waals surface area (Å²) in [5, 5.41) is 9.33. The van der Waals surface area contributed by atoms with Crippen LogP contribution in [0.5, 0.6) is 0 Å². The van der Waals surface area contributed by atoms with Gasteiger partial charge in [0, 0.05) is 30.2 Å². The number of nitrogens with zero attached hydrogens (tertiary/aromatic N) is 2. The molecule has 98 valence electrons. The minimum atomic E-state index is -0.164. The van der Waals surface area contributed by atoms with Gasteiger partial charge in [-0.15, -0.1) is 0 Å². The second kappa shape index (κ2) is 5.38. The Bertz CT molecular complexity index is 471. The molecule has 0 amide bonds. The summed E-state index contributed by atoms with van der Waals surface area (Å²) in [6.07, 6.45) is 3.20. The molecule has 19 heavy (non-hydrogen) atoms. The Morgan fingerprint density at radius 2 is 1.89 bits per heavy atom. The van der Waals surface area contributed by atoms with Crippen molar-refractivity contribution in [3.05, 3.63) is 60.4 Å². The third kappa shape index (κ3) is 2.45. The molecule has 2 aromatic rings. The second-order valence-corrected chi connectivity index (χ2v) is 4.56. The molecule has 4 nitrogen and oxygen atoms in total. The van der Waals surface area contributed by atoms with Gasteiger partial charge >= 0.3 is 0 Å². The maximum absolute atomic E-state index is 9.33. The summed E-state index contributed by atoms with van der Waals surface area (Å²) in [6.45, 7) is 0.721. The van der Waals surface area contributed by atoms with Crippen molar-refractivity contribution in [2.24, 2.45) is 0 Å². The number of anilines is 1. The summed E-state index contributed by atoms with van der Waals surface area (Å²) in [7, 11) is 0. The molecule has 0 bridgehead atoms. The molecule has 4 heteroatoms. The molecule has 1 N–H and O–H groups in total. The second-order valence-electron chi connectivity index (χ2n) is 4.56. The summed E-state index contributed by atoms with van der Waals surface area (Å²) >= 11 is 0. The van der Waals surface area contributed by atoms with E-state index in [9.17, 15) is 5.11 Å². The minimum absolute atomic E-state index is 0.0327. The first-order valence-corrected chi connectivity index (χ1v) is 6.36. The summed E-state index contributed by atoms with van der Waals surface area (Å²) in [5.74, 6) is 0. The highest BCUT2D eigenvalue weighted by Gasteiger charge is 2.33. The lowest BCUT2D eigenvalue weighted by atomic mass is 10.2. The number of aliphatic hydroxyl groups is 1. The van der Waals surface area contributed by atoms with Crippen molar-refractivity contribution in [3.63, 3.8) is 0 Å². The van der Waals surface area contributed by atoms with Crippen molar-refractivity contribution in [2.75, 3.05) is 18.1 Å².